The summed E-state index contributed by atoms with van der Waals surface area (Å²) in [6.07, 6.45) is 3.10. The Bertz CT molecular complexity index is 766. The van der Waals surface area contributed by atoms with E-state index in [9.17, 15) is 9.59 Å². The molecule has 0 radical (unpaired) electrons. The Hall–Kier alpha value is -2.90. The number of amides is 3. The van der Waals surface area contributed by atoms with Crippen molar-refractivity contribution in [3.8, 4) is 5.69 Å². The Labute approximate surface area is 145 Å². The van der Waals surface area contributed by atoms with Crippen molar-refractivity contribution in [1.82, 2.24) is 30.1 Å². The highest BCUT2D eigenvalue weighted by atomic mass is 16.2. The normalized spacial score (nSPS) is 18.5. The summed E-state index contributed by atoms with van der Waals surface area (Å²) in [6.45, 7) is 2.72. The third-order valence-corrected chi connectivity index (χ3v) is 4.78. The number of hydrogen-bond acceptors (Lipinski definition) is 4. The average molecular weight is 340 g/mol. The van der Waals surface area contributed by atoms with E-state index >= 15 is 0 Å². The minimum Gasteiger partial charge on any atom is -0.337 e. The van der Waals surface area contributed by atoms with E-state index in [0.29, 0.717) is 25.3 Å². The quantitative estimate of drug-likeness (QED) is 0.900. The van der Waals surface area contributed by atoms with Gasteiger partial charge in [0.2, 0.25) is 0 Å². The predicted molar refractivity (Wildman–Crippen MR) is 90.4 cm³/mol. The maximum Gasteiger partial charge on any atom is 0.317 e. The number of nitrogens with zero attached hydrogens (tertiary/aromatic N) is 5. The number of urea groups is 1. The molecule has 2 fully saturated rings. The molecule has 130 valence electrons. The third-order valence-electron chi connectivity index (χ3n) is 4.78. The van der Waals surface area contributed by atoms with E-state index < -0.39 is 0 Å². The van der Waals surface area contributed by atoms with Crippen molar-refractivity contribution in [2.75, 3.05) is 26.2 Å². The molecule has 1 aromatic heterocycles. The molecule has 0 unspecified atom stereocenters. The van der Waals surface area contributed by atoms with Crippen LogP contribution in [-0.4, -0.2) is 69.0 Å². The second-order valence-corrected chi connectivity index (χ2v) is 6.30. The van der Waals surface area contributed by atoms with Crippen LogP contribution in [-0.2, 0) is 0 Å². The van der Waals surface area contributed by atoms with Crippen molar-refractivity contribution in [2.45, 2.75) is 18.9 Å². The van der Waals surface area contributed by atoms with Crippen LogP contribution < -0.4 is 5.32 Å². The molecule has 2 aliphatic rings. The first-order valence-corrected chi connectivity index (χ1v) is 8.54. The zero-order valence-corrected chi connectivity index (χ0v) is 13.8. The van der Waals surface area contributed by atoms with Crippen LogP contribution >= 0.6 is 0 Å². The molecule has 0 aliphatic carbocycles. The van der Waals surface area contributed by atoms with Crippen LogP contribution in [0.25, 0.3) is 5.69 Å². The molecular formula is C17H20N6O2. The van der Waals surface area contributed by atoms with Crippen molar-refractivity contribution in [3.63, 3.8) is 0 Å². The molecule has 0 atom stereocenters. The standard InChI is InChI=1S/C17H20N6O2/c24-16(15-12-19-23(20-15)14-4-2-1-3-5-14)21-9-6-13(7-10-21)22-11-8-18-17(22)25/h1-5,12-13H,6-11H2,(H,18,25). The Morgan fingerprint density at radius 1 is 1.12 bits per heavy atom. The number of piperidine rings is 1. The van der Waals surface area contributed by atoms with Gasteiger partial charge >= 0.3 is 6.03 Å². The third kappa shape index (κ3) is 3.07. The molecular weight excluding hydrogens is 320 g/mol. The summed E-state index contributed by atoms with van der Waals surface area (Å²) in [5, 5.41) is 11.3. The van der Waals surface area contributed by atoms with Gasteiger partial charge in [-0.3, -0.25) is 4.79 Å². The van der Waals surface area contributed by atoms with Crippen LogP contribution in [0.2, 0.25) is 0 Å². The lowest BCUT2D eigenvalue weighted by atomic mass is 10.0. The lowest BCUT2D eigenvalue weighted by Gasteiger charge is -2.35. The molecule has 0 spiro atoms. The van der Waals surface area contributed by atoms with Gasteiger partial charge in [-0.25, -0.2) is 4.79 Å². The van der Waals surface area contributed by atoms with Gasteiger partial charge < -0.3 is 15.1 Å². The molecule has 3 heterocycles. The first kappa shape index (κ1) is 15.6. The zero-order valence-electron chi connectivity index (χ0n) is 13.8. The summed E-state index contributed by atoms with van der Waals surface area (Å²) in [5.41, 5.74) is 1.17. The minimum atomic E-state index is -0.105. The zero-order chi connectivity index (χ0) is 17.2. The van der Waals surface area contributed by atoms with Gasteiger partial charge in [-0.2, -0.15) is 9.90 Å². The summed E-state index contributed by atoms with van der Waals surface area (Å²) in [5.74, 6) is -0.105. The number of nitrogens with one attached hydrogen (secondary N) is 1. The number of hydrogen-bond donors (Lipinski definition) is 1. The molecule has 0 saturated carbocycles. The average Bonchev–Trinajstić information content (AvgIpc) is 3.31. The summed E-state index contributed by atoms with van der Waals surface area (Å²) >= 11 is 0. The van der Waals surface area contributed by atoms with Crippen molar-refractivity contribution >= 4 is 11.9 Å². The van der Waals surface area contributed by atoms with E-state index in [-0.39, 0.29) is 18.0 Å². The molecule has 2 aliphatic heterocycles. The van der Waals surface area contributed by atoms with E-state index in [0.717, 1.165) is 25.1 Å². The fraction of sp³-hybridized carbons (Fsp3) is 0.412. The predicted octanol–water partition coefficient (Wildman–Crippen LogP) is 0.897. The molecule has 0 bridgehead atoms. The molecule has 1 aromatic carbocycles. The maximum absolute atomic E-state index is 12.7. The highest BCUT2D eigenvalue weighted by Crippen LogP contribution is 2.19. The maximum atomic E-state index is 12.7. The van der Waals surface area contributed by atoms with Crippen LogP contribution in [0.1, 0.15) is 23.3 Å². The van der Waals surface area contributed by atoms with E-state index in [2.05, 4.69) is 15.5 Å². The van der Waals surface area contributed by atoms with Crippen LogP contribution in [0.3, 0.4) is 0 Å². The SMILES string of the molecule is O=C(c1cnn(-c2ccccc2)n1)N1CCC(N2CCNC2=O)CC1. The summed E-state index contributed by atoms with van der Waals surface area (Å²) in [7, 11) is 0. The second-order valence-electron chi connectivity index (χ2n) is 6.30. The van der Waals surface area contributed by atoms with Gasteiger partial charge in [0.25, 0.3) is 5.91 Å². The van der Waals surface area contributed by atoms with E-state index in [1.807, 2.05) is 35.2 Å². The van der Waals surface area contributed by atoms with Gasteiger partial charge in [-0.15, -0.1) is 5.10 Å². The Morgan fingerprint density at radius 2 is 1.88 bits per heavy atom. The topological polar surface area (TPSA) is 83.4 Å². The lowest BCUT2D eigenvalue weighted by Crippen LogP contribution is -2.47. The second kappa shape index (κ2) is 6.54. The molecule has 8 heteroatoms. The molecule has 1 N–H and O–H groups in total. The lowest BCUT2D eigenvalue weighted by molar-refractivity contribution is 0.0660. The number of likely N-dealkylation sites (tertiary alicyclic amines) is 1. The van der Waals surface area contributed by atoms with Gasteiger partial charge in [-0.1, -0.05) is 18.2 Å². The molecule has 4 rings (SSSR count). The van der Waals surface area contributed by atoms with Crippen LogP contribution in [0.15, 0.2) is 36.5 Å². The Kier molecular flexibility index (Phi) is 4.09. The molecule has 25 heavy (non-hydrogen) atoms. The molecule has 3 amide bonds. The highest BCUT2D eigenvalue weighted by molar-refractivity contribution is 5.92. The summed E-state index contributed by atoms with van der Waals surface area (Å²) in [4.78, 5) is 29.6. The van der Waals surface area contributed by atoms with Gasteiger partial charge in [0.1, 0.15) is 0 Å². The van der Waals surface area contributed by atoms with Crippen LogP contribution in [0.5, 0.6) is 0 Å². The van der Waals surface area contributed by atoms with Gasteiger partial charge in [0.05, 0.1) is 11.9 Å². The number of para-hydroxylation sites is 1. The van der Waals surface area contributed by atoms with Crippen molar-refractivity contribution in [1.29, 1.82) is 0 Å². The smallest absolute Gasteiger partial charge is 0.317 e. The first-order chi connectivity index (χ1) is 12.2. The highest BCUT2D eigenvalue weighted by Gasteiger charge is 2.32. The number of benzene rings is 1. The molecule has 8 nitrogen and oxygen atoms in total. The summed E-state index contributed by atoms with van der Waals surface area (Å²) < 4.78 is 0. The Morgan fingerprint density at radius 3 is 2.56 bits per heavy atom. The van der Waals surface area contributed by atoms with Crippen molar-refractivity contribution < 1.29 is 9.59 Å². The number of rotatable bonds is 3. The number of aromatic nitrogens is 3. The Balaban J connectivity index is 1.39. The van der Waals surface area contributed by atoms with Crippen LogP contribution in [0.4, 0.5) is 4.79 Å². The van der Waals surface area contributed by atoms with E-state index in [1.165, 1.54) is 11.0 Å². The molecule has 2 aromatic rings. The fourth-order valence-corrected chi connectivity index (χ4v) is 3.42. The fourth-order valence-electron chi connectivity index (χ4n) is 3.42. The largest absolute Gasteiger partial charge is 0.337 e. The summed E-state index contributed by atoms with van der Waals surface area (Å²) in [6, 6.07) is 9.73. The number of carbonyl (C=O) groups excluding carboxylic acids is 2. The van der Waals surface area contributed by atoms with Crippen molar-refractivity contribution in [2.24, 2.45) is 0 Å². The van der Waals surface area contributed by atoms with Gasteiger partial charge in [-0.05, 0) is 25.0 Å². The van der Waals surface area contributed by atoms with Gasteiger partial charge in [0, 0.05) is 32.2 Å². The van der Waals surface area contributed by atoms with E-state index in [4.69, 9.17) is 0 Å². The minimum absolute atomic E-state index is 0.00980. The van der Waals surface area contributed by atoms with Crippen molar-refractivity contribution in [3.05, 3.63) is 42.2 Å². The van der Waals surface area contributed by atoms with Crippen LogP contribution in [0, 0.1) is 0 Å². The van der Waals surface area contributed by atoms with Gasteiger partial charge in [0.15, 0.2) is 5.69 Å². The van der Waals surface area contributed by atoms with E-state index in [1.54, 1.807) is 4.90 Å². The first-order valence-electron chi connectivity index (χ1n) is 8.54. The number of carbonyl (C=O) groups is 2. The monoisotopic (exact) mass is 340 g/mol. The molecule has 2 saturated heterocycles.